The number of benzene rings is 2. The largest absolute Gasteiger partial charge is 0.492 e. The molecule has 0 radical (unpaired) electrons. The molecule has 0 bridgehead atoms. The Morgan fingerprint density at radius 2 is 1.69 bits per heavy atom. The van der Waals surface area contributed by atoms with E-state index >= 15 is 0 Å². The SMILES string of the molecule is CCOc1ccccc1Nc1cc(NC2CC2)nc(-c2ccccc2)n1. The molecule has 1 aliphatic rings. The lowest BCUT2D eigenvalue weighted by atomic mass is 10.2. The predicted octanol–water partition coefficient (Wildman–Crippen LogP) is 4.86. The van der Waals surface area contributed by atoms with Crippen LogP contribution in [-0.4, -0.2) is 22.6 Å². The van der Waals surface area contributed by atoms with Crippen molar-refractivity contribution in [2.24, 2.45) is 0 Å². The molecule has 5 nitrogen and oxygen atoms in total. The number of aromatic nitrogens is 2. The fraction of sp³-hybridized carbons (Fsp3) is 0.238. The van der Waals surface area contributed by atoms with Gasteiger partial charge in [0, 0.05) is 17.7 Å². The Morgan fingerprint density at radius 1 is 0.962 bits per heavy atom. The summed E-state index contributed by atoms with van der Waals surface area (Å²) in [6.07, 6.45) is 2.39. The monoisotopic (exact) mass is 346 g/mol. The van der Waals surface area contributed by atoms with Gasteiger partial charge in [-0.1, -0.05) is 42.5 Å². The van der Waals surface area contributed by atoms with Crippen LogP contribution in [0, 0.1) is 0 Å². The van der Waals surface area contributed by atoms with Gasteiger partial charge < -0.3 is 15.4 Å². The number of hydrogen-bond donors (Lipinski definition) is 2. The number of para-hydroxylation sites is 2. The Kier molecular flexibility index (Phi) is 4.69. The van der Waals surface area contributed by atoms with Crippen molar-refractivity contribution in [1.82, 2.24) is 9.97 Å². The molecule has 0 atom stereocenters. The zero-order valence-corrected chi connectivity index (χ0v) is 14.8. The lowest BCUT2D eigenvalue weighted by molar-refractivity contribution is 0.342. The summed E-state index contributed by atoms with van der Waals surface area (Å²) in [4.78, 5) is 9.40. The Hall–Kier alpha value is -3.08. The maximum absolute atomic E-state index is 5.71. The Balaban J connectivity index is 1.68. The zero-order valence-electron chi connectivity index (χ0n) is 14.8. The van der Waals surface area contributed by atoms with Gasteiger partial charge in [0.05, 0.1) is 12.3 Å². The minimum atomic E-state index is 0.525. The third kappa shape index (κ3) is 3.94. The van der Waals surface area contributed by atoms with Gasteiger partial charge in [0.2, 0.25) is 0 Å². The molecule has 0 spiro atoms. The first-order valence-electron chi connectivity index (χ1n) is 9.01. The highest BCUT2D eigenvalue weighted by Crippen LogP contribution is 2.30. The maximum Gasteiger partial charge on any atom is 0.163 e. The highest BCUT2D eigenvalue weighted by atomic mass is 16.5. The van der Waals surface area contributed by atoms with E-state index in [9.17, 15) is 0 Å². The van der Waals surface area contributed by atoms with Crippen LogP contribution in [0.25, 0.3) is 11.4 Å². The third-order valence-electron chi connectivity index (χ3n) is 4.14. The van der Waals surface area contributed by atoms with E-state index in [1.54, 1.807) is 0 Å². The van der Waals surface area contributed by atoms with E-state index in [0.29, 0.717) is 18.5 Å². The second kappa shape index (κ2) is 7.44. The van der Waals surface area contributed by atoms with E-state index in [2.05, 4.69) is 10.6 Å². The van der Waals surface area contributed by atoms with E-state index < -0.39 is 0 Å². The summed E-state index contributed by atoms with van der Waals surface area (Å²) >= 11 is 0. The van der Waals surface area contributed by atoms with Crippen molar-refractivity contribution in [3.05, 3.63) is 60.7 Å². The van der Waals surface area contributed by atoms with Gasteiger partial charge in [0.1, 0.15) is 17.4 Å². The molecule has 4 rings (SSSR count). The van der Waals surface area contributed by atoms with Crippen molar-refractivity contribution in [2.45, 2.75) is 25.8 Å². The Bertz CT molecular complexity index is 878. The molecule has 1 saturated carbocycles. The number of nitrogens with one attached hydrogen (secondary N) is 2. The molecule has 1 fully saturated rings. The van der Waals surface area contributed by atoms with Gasteiger partial charge in [-0.05, 0) is 31.9 Å². The van der Waals surface area contributed by atoms with Crippen LogP contribution in [-0.2, 0) is 0 Å². The van der Waals surface area contributed by atoms with Crippen LogP contribution < -0.4 is 15.4 Å². The summed E-state index contributed by atoms with van der Waals surface area (Å²) in [5.41, 5.74) is 1.89. The van der Waals surface area contributed by atoms with Gasteiger partial charge in [-0.25, -0.2) is 9.97 Å². The van der Waals surface area contributed by atoms with Crippen molar-refractivity contribution in [3.63, 3.8) is 0 Å². The minimum absolute atomic E-state index is 0.525. The van der Waals surface area contributed by atoms with Crippen molar-refractivity contribution < 1.29 is 4.74 Å². The summed E-state index contributed by atoms with van der Waals surface area (Å²) in [6.45, 7) is 2.60. The maximum atomic E-state index is 5.71. The highest BCUT2D eigenvalue weighted by Gasteiger charge is 2.22. The fourth-order valence-corrected chi connectivity index (χ4v) is 2.73. The number of nitrogens with zero attached hydrogens (tertiary/aromatic N) is 2. The average molecular weight is 346 g/mol. The molecule has 0 aliphatic heterocycles. The molecule has 2 N–H and O–H groups in total. The number of hydrogen-bond acceptors (Lipinski definition) is 5. The lowest BCUT2D eigenvalue weighted by Crippen LogP contribution is -2.07. The van der Waals surface area contributed by atoms with Gasteiger partial charge >= 0.3 is 0 Å². The van der Waals surface area contributed by atoms with Crippen molar-refractivity contribution in [2.75, 3.05) is 17.2 Å². The first-order valence-corrected chi connectivity index (χ1v) is 9.01. The van der Waals surface area contributed by atoms with Gasteiger partial charge in [-0.2, -0.15) is 0 Å². The predicted molar refractivity (Wildman–Crippen MR) is 105 cm³/mol. The molecule has 0 amide bonds. The van der Waals surface area contributed by atoms with E-state index in [0.717, 1.165) is 28.6 Å². The molecule has 0 saturated heterocycles. The molecule has 1 heterocycles. The summed E-state index contributed by atoms with van der Waals surface area (Å²) in [5.74, 6) is 3.10. The normalized spacial score (nSPS) is 13.3. The lowest BCUT2D eigenvalue weighted by Gasteiger charge is -2.14. The second-order valence-corrected chi connectivity index (χ2v) is 6.30. The molecule has 5 heteroatoms. The van der Waals surface area contributed by atoms with Gasteiger partial charge in [-0.3, -0.25) is 0 Å². The van der Waals surface area contributed by atoms with Crippen LogP contribution in [0.1, 0.15) is 19.8 Å². The quantitative estimate of drug-likeness (QED) is 0.640. The van der Waals surface area contributed by atoms with E-state index in [1.807, 2.05) is 67.6 Å². The van der Waals surface area contributed by atoms with Gasteiger partial charge in [-0.15, -0.1) is 0 Å². The van der Waals surface area contributed by atoms with Crippen molar-refractivity contribution in [3.8, 4) is 17.1 Å². The molecule has 26 heavy (non-hydrogen) atoms. The first kappa shape index (κ1) is 16.4. The van der Waals surface area contributed by atoms with Crippen LogP contribution in [0.5, 0.6) is 5.75 Å². The molecule has 1 aromatic heterocycles. The Labute approximate surface area is 153 Å². The molecule has 2 aromatic carbocycles. The molecular weight excluding hydrogens is 324 g/mol. The summed E-state index contributed by atoms with van der Waals surface area (Å²) < 4.78 is 5.71. The minimum Gasteiger partial charge on any atom is -0.492 e. The zero-order chi connectivity index (χ0) is 17.8. The van der Waals surface area contributed by atoms with Crippen LogP contribution in [0.4, 0.5) is 17.3 Å². The van der Waals surface area contributed by atoms with Crippen LogP contribution >= 0.6 is 0 Å². The third-order valence-corrected chi connectivity index (χ3v) is 4.14. The number of anilines is 3. The van der Waals surface area contributed by atoms with E-state index in [1.165, 1.54) is 12.8 Å². The molecule has 132 valence electrons. The fourth-order valence-electron chi connectivity index (χ4n) is 2.73. The average Bonchev–Trinajstić information content (AvgIpc) is 3.48. The number of ether oxygens (including phenoxy) is 1. The van der Waals surface area contributed by atoms with Crippen LogP contribution in [0.2, 0.25) is 0 Å². The molecular formula is C21H22N4O. The summed E-state index contributed by atoms with van der Waals surface area (Å²) in [7, 11) is 0. The molecule has 0 unspecified atom stereocenters. The van der Waals surface area contributed by atoms with Crippen LogP contribution in [0.3, 0.4) is 0 Å². The van der Waals surface area contributed by atoms with Gasteiger partial charge in [0.25, 0.3) is 0 Å². The molecule has 1 aliphatic carbocycles. The van der Waals surface area contributed by atoms with Crippen molar-refractivity contribution >= 4 is 17.3 Å². The van der Waals surface area contributed by atoms with Crippen molar-refractivity contribution in [1.29, 1.82) is 0 Å². The summed E-state index contributed by atoms with van der Waals surface area (Å²) in [6, 6.07) is 20.4. The summed E-state index contributed by atoms with van der Waals surface area (Å²) in [5, 5.41) is 6.86. The molecule has 3 aromatic rings. The Morgan fingerprint density at radius 3 is 2.46 bits per heavy atom. The van der Waals surface area contributed by atoms with E-state index in [-0.39, 0.29) is 0 Å². The topological polar surface area (TPSA) is 59.1 Å². The second-order valence-electron chi connectivity index (χ2n) is 6.30. The highest BCUT2D eigenvalue weighted by molar-refractivity contribution is 5.68. The standard InChI is InChI=1S/C21H22N4O/c1-2-26-18-11-7-6-10-17(18)23-20-14-19(22-16-12-13-16)24-21(25-20)15-8-4-3-5-9-15/h3-11,14,16H,2,12-13H2,1H3,(H2,22,23,24,25). The van der Waals surface area contributed by atoms with E-state index in [4.69, 9.17) is 14.7 Å². The first-order chi connectivity index (χ1) is 12.8. The van der Waals surface area contributed by atoms with Crippen LogP contribution in [0.15, 0.2) is 60.7 Å². The van der Waals surface area contributed by atoms with Gasteiger partial charge in [0.15, 0.2) is 5.82 Å². The smallest absolute Gasteiger partial charge is 0.163 e. The number of rotatable bonds is 7.